The van der Waals surface area contributed by atoms with E-state index in [1.807, 2.05) is 0 Å². The maximum atomic E-state index is 3.80. The second kappa shape index (κ2) is 3.69. The maximum absolute atomic E-state index is 3.80. The SMILES string of the molecule is CCC(Br)C1CC(C)(C)CC1C. The van der Waals surface area contributed by atoms with Crippen LogP contribution in [0.15, 0.2) is 0 Å². The Balaban J connectivity index is 2.57. The summed E-state index contributed by atoms with van der Waals surface area (Å²) >= 11 is 3.80. The number of hydrogen-bond donors (Lipinski definition) is 0. The molecule has 3 unspecified atom stereocenters. The number of alkyl halides is 1. The Hall–Kier alpha value is 0.480. The predicted octanol–water partition coefficient (Wildman–Crippen LogP) is 4.23. The van der Waals surface area contributed by atoms with Gasteiger partial charge in [0, 0.05) is 4.83 Å². The molecule has 0 saturated heterocycles. The molecule has 0 aromatic heterocycles. The van der Waals surface area contributed by atoms with Gasteiger partial charge in [0.05, 0.1) is 0 Å². The zero-order valence-electron chi connectivity index (χ0n) is 8.73. The van der Waals surface area contributed by atoms with Crippen molar-refractivity contribution in [1.29, 1.82) is 0 Å². The van der Waals surface area contributed by atoms with E-state index >= 15 is 0 Å². The van der Waals surface area contributed by atoms with E-state index in [0.717, 1.165) is 16.7 Å². The molecule has 1 fully saturated rings. The third kappa shape index (κ3) is 2.25. The second-order valence-electron chi connectivity index (χ2n) is 5.14. The molecular formula is C11H21Br. The van der Waals surface area contributed by atoms with Crippen molar-refractivity contribution in [2.24, 2.45) is 17.3 Å². The first-order valence-corrected chi connectivity index (χ1v) is 6.02. The summed E-state index contributed by atoms with van der Waals surface area (Å²) in [7, 11) is 0. The van der Waals surface area contributed by atoms with Crippen LogP contribution >= 0.6 is 15.9 Å². The summed E-state index contributed by atoms with van der Waals surface area (Å²) in [5, 5.41) is 0. The monoisotopic (exact) mass is 232 g/mol. The first-order chi connectivity index (χ1) is 5.46. The van der Waals surface area contributed by atoms with Crippen LogP contribution in [0.1, 0.15) is 47.0 Å². The highest BCUT2D eigenvalue weighted by Crippen LogP contribution is 2.48. The number of rotatable bonds is 2. The van der Waals surface area contributed by atoms with Crippen molar-refractivity contribution >= 4 is 15.9 Å². The van der Waals surface area contributed by atoms with Crippen molar-refractivity contribution < 1.29 is 0 Å². The van der Waals surface area contributed by atoms with E-state index in [4.69, 9.17) is 0 Å². The third-order valence-corrected chi connectivity index (χ3v) is 4.57. The van der Waals surface area contributed by atoms with Crippen LogP contribution in [-0.4, -0.2) is 4.83 Å². The van der Waals surface area contributed by atoms with E-state index in [1.54, 1.807) is 0 Å². The standard InChI is InChI=1S/C11H21Br/c1-5-10(12)9-7-11(3,4)6-8(9)2/h8-10H,5-7H2,1-4H3. The minimum Gasteiger partial charge on any atom is -0.0888 e. The summed E-state index contributed by atoms with van der Waals surface area (Å²) in [5.41, 5.74) is 0.589. The molecular weight excluding hydrogens is 212 g/mol. The lowest BCUT2D eigenvalue weighted by Gasteiger charge is -2.21. The van der Waals surface area contributed by atoms with E-state index < -0.39 is 0 Å². The molecule has 1 saturated carbocycles. The maximum Gasteiger partial charge on any atom is 0.0174 e. The fourth-order valence-electron chi connectivity index (χ4n) is 2.73. The van der Waals surface area contributed by atoms with Crippen LogP contribution in [0.25, 0.3) is 0 Å². The van der Waals surface area contributed by atoms with Crippen molar-refractivity contribution in [3.8, 4) is 0 Å². The van der Waals surface area contributed by atoms with Crippen LogP contribution in [0.3, 0.4) is 0 Å². The first-order valence-electron chi connectivity index (χ1n) is 5.10. The van der Waals surface area contributed by atoms with Crippen LogP contribution < -0.4 is 0 Å². The average molecular weight is 233 g/mol. The Kier molecular flexibility index (Phi) is 3.25. The van der Waals surface area contributed by atoms with Crippen LogP contribution in [0, 0.1) is 17.3 Å². The second-order valence-corrected chi connectivity index (χ2v) is 6.31. The molecule has 12 heavy (non-hydrogen) atoms. The Labute approximate surface area is 85.3 Å². The molecule has 0 aromatic carbocycles. The summed E-state index contributed by atoms with van der Waals surface area (Å²) in [4.78, 5) is 0.745. The number of halogens is 1. The van der Waals surface area contributed by atoms with Crippen molar-refractivity contribution in [1.82, 2.24) is 0 Å². The van der Waals surface area contributed by atoms with Gasteiger partial charge in [0.25, 0.3) is 0 Å². The minimum absolute atomic E-state index is 0.589. The van der Waals surface area contributed by atoms with E-state index in [9.17, 15) is 0 Å². The molecule has 1 rings (SSSR count). The van der Waals surface area contributed by atoms with Crippen molar-refractivity contribution in [2.75, 3.05) is 0 Å². The lowest BCUT2D eigenvalue weighted by atomic mass is 9.89. The third-order valence-electron chi connectivity index (χ3n) is 3.25. The van der Waals surface area contributed by atoms with Gasteiger partial charge in [-0.25, -0.2) is 0 Å². The molecule has 3 atom stereocenters. The fraction of sp³-hybridized carbons (Fsp3) is 1.00. The lowest BCUT2D eigenvalue weighted by Crippen LogP contribution is -2.16. The summed E-state index contributed by atoms with van der Waals surface area (Å²) in [6.45, 7) is 9.48. The largest absolute Gasteiger partial charge is 0.0888 e. The predicted molar refractivity (Wildman–Crippen MR) is 58.7 cm³/mol. The first kappa shape index (κ1) is 10.6. The van der Waals surface area contributed by atoms with Crippen LogP contribution in [0.2, 0.25) is 0 Å². The molecule has 0 aromatic rings. The van der Waals surface area contributed by atoms with Gasteiger partial charge < -0.3 is 0 Å². The van der Waals surface area contributed by atoms with Gasteiger partial charge in [-0.05, 0) is 36.5 Å². The van der Waals surface area contributed by atoms with Gasteiger partial charge in [0.15, 0.2) is 0 Å². The van der Waals surface area contributed by atoms with Gasteiger partial charge in [-0.3, -0.25) is 0 Å². The van der Waals surface area contributed by atoms with Crippen LogP contribution in [0.4, 0.5) is 0 Å². The van der Waals surface area contributed by atoms with Gasteiger partial charge in [-0.15, -0.1) is 0 Å². The van der Waals surface area contributed by atoms with Gasteiger partial charge in [0.2, 0.25) is 0 Å². The summed E-state index contributed by atoms with van der Waals surface area (Å²) in [5.74, 6) is 1.81. The van der Waals surface area contributed by atoms with E-state index in [2.05, 4.69) is 43.6 Å². The summed E-state index contributed by atoms with van der Waals surface area (Å²) in [6.07, 6.45) is 4.07. The molecule has 0 bridgehead atoms. The molecule has 0 amide bonds. The van der Waals surface area contributed by atoms with Crippen LogP contribution in [-0.2, 0) is 0 Å². The Morgan fingerprint density at radius 2 is 2.00 bits per heavy atom. The molecule has 1 heteroatoms. The molecule has 1 aliphatic carbocycles. The van der Waals surface area contributed by atoms with E-state index in [1.165, 1.54) is 19.3 Å². The normalized spacial score (nSPS) is 36.8. The highest BCUT2D eigenvalue weighted by Gasteiger charge is 2.39. The molecule has 0 aliphatic heterocycles. The Morgan fingerprint density at radius 1 is 1.42 bits per heavy atom. The van der Waals surface area contributed by atoms with E-state index in [0.29, 0.717) is 5.41 Å². The topological polar surface area (TPSA) is 0 Å². The molecule has 0 N–H and O–H groups in total. The van der Waals surface area contributed by atoms with Gasteiger partial charge in [0.1, 0.15) is 0 Å². The Morgan fingerprint density at radius 3 is 2.33 bits per heavy atom. The molecule has 0 spiro atoms. The molecule has 0 heterocycles. The highest BCUT2D eigenvalue weighted by atomic mass is 79.9. The molecule has 72 valence electrons. The zero-order valence-corrected chi connectivity index (χ0v) is 10.3. The minimum atomic E-state index is 0.589. The van der Waals surface area contributed by atoms with Crippen molar-refractivity contribution in [3.05, 3.63) is 0 Å². The summed E-state index contributed by atoms with van der Waals surface area (Å²) in [6, 6.07) is 0. The average Bonchev–Trinajstić information content (AvgIpc) is 2.23. The number of hydrogen-bond acceptors (Lipinski definition) is 0. The summed E-state index contributed by atoms with van der Waals surface area (Å²) < 4.78 is 0. The fourth-order valence-corrected chi connectivity index (χ4v) is 3.44. The zero-order chi connectivity index (χ0) is 9.35. The van der Waals surface area contributed by atoms with E-state index in [-0.39, 0.29) is 0 Å². The molecule has 0 nitrogen and oxygen atoms in total. The van der Waals surface area contributed by atoms with Crippen LogP contribution in [0.5, 0.6) is 0 Å². The van der Waals surface area contributed by atoms with Crippen molar-refractivity contribution in [3.63, 3.8) is 0 Å². The van der Waals surface area contributed by atoms with Crippen molar-refractivity contribution in [2.45, 2.75) is 51.8 Å². The Bertz CT molecular complexity index is 151. The van der Waals surface area contributed by atoms with Gasteiger partial charge >= 0.3 is 0 Å². The lowest BCUT2D eigenvalue weighted by molar-refractivity contribution is 0.357. The quantitative estimate of drug-likeness (QED) is 0.626. The molecule has 0 radical (unpaired) electrons. The highest BCUT2D eigenvalue weighted by molar-refractivity contribution is 9.09. The van der Waals surface area contributed by atoms with Gasteiger partial charge in [-0.2, -0.15) is 0 Å². The smallest absolute Gasteiger partial charge is 0.0174 e. The van der Waals surface area contributed by atoms with Gasteiger partial charge in [-0.1, -0.05) is 43.6 Å². The molecule has 1 aliphatic rings.